The average molecular weight is 2210 g/mol. The van der Waals surface area contributed by atoms with Crippen molar-refractivity contribution < 1.29 is 28.1 Å². The van der Waals surface area contributed by atoms with E-state index in [4.69, 9.17) is 107 Å². The van der Waals surface area contributed by atoms with Crippen molar-refractivity contribution in [1.29, 1.82) is 0 Å². The molecule has 0 N–H and O–H groups in total. The Bertz CT molecular complexity index is 9190. The van der Waals surface area contributed by atoms with Crippen molar-refractivity contribution in [2.24, 2.45) is 70.5 Å². The Morgan fingerprint density at radius 1 is 0.353 bits per heavy atom. The number of fused-ring (bicyclic) bond motifs is 5. The molecule has 772 valence electrons. The third kappa shape index (κ3) is 23.6. The molecule has 0 spiro atoms. The van der Waals surface area contributed by atoms with Crippen LogP contribution in [0.4, 0.5) is 4.39 Å². The summed E-state index contributed by atoms with van der Waals surface area (Å²) < 4.78 is 57.2. The van der Waals surface area contributed by atoms with Crippen LogP contribution in [-0.2, 0) is 114 Å². The minimum absolute atomic E-state index is 0.0835. The van der Waals surface area contributed by atoms with E-state index in [0.29, 0.717) is 122 Å². The van der Waals surface area contributed by atoms with E-state index in [-0.39, 0.29) is 76.0 Å². The monoisotopic (exact) mass is 2200 g/mol. The molecule has 0 aliphatic carbocycles. The molecule has 0 bridgehead atoms. The van der Waals surface area contributed by atoms with Crippen LogP contribution in [0.1, 0.15) is 74.1 Å². The molecule has 150 heavy (non-hydrogen) atoms. The van der Waals surface area contributed by atoms with Gasteiger partial charge in [0.05, 0.1) is 70.5 Å². The summed E-state index contributed by atoms with van der Waals surface area (Å²) in [7, 11) is 16.4. The van der Waals surface area contributed by atoms with Gasteiger partial charge in [0.1, 0.15) is 23.1 Å². The van der Waals surface area contributed by atoms with Crippen LogP contribution >= 0.6 is 105 Å². The maximum atomic E-state index is 14.1. The number of hydrogen-bond donors (Lipinski definition) is 0. The molecule has 0 aliphatic heterocycles. The first-order valence-corrected chi connectivity index (χ1v) is 50.4. The number of para-hydroxylation sites is 1. The van der Waals surface area contributed by atoms with Gasteiger partial charge in [-0.1, -0.05) is 219 Å². The number of imidazole rings is 5. The van der Waals surface area contributed by atoms with Crippen molar-refractivity contribution in [1.82, 2.24) is 93.4 Å². The van der Waals surface area contributed by atoms with Gasteiger partial charge in [-0.05, 0) is 163 Å². The van der Waals surface area contributed by atoms with Gasteiger partial charge in [-0.25, -0.2) is 43.1 Å². The largest absolute Gasteiger partial charge is 0.465 e. The Kier molecular flexibility index (Phi) is 34.2. The second kappa shape index (κ2) is 47.1. The quantitative estimate of drug-likeness (QED) is 0.0222. The van der Waals surface area contributed by atoms with E-state index in [0.717, 1.165) is 86.8 Å². The van der Waals surface area contributed by atoms with Crippen LogP contribution in [0.15, 0.2) is 265 Å². The fourth-order valence-corrected chi connectivity index (χ4v) is 19.0. The third-order valence-electron chi connectivity index (χ3n) is 24.2. The lowest BCUT2D eigenvalue weighted by molar-refractivity contribution is 0.0600. The number of aromatic nitrogens is 20. The number of esters is 1. The summed E-state index contributed by atoms with van der Waals surface area (Å²) in [6.07, 6.45) is 7.94. The van der Waals surface area contributed by atoms with Gasteiger partial charge in [0.2, 0.25) is 0 Å². The number of hydrogen-bond acceptors (Lipinski definition) is 22. The number of halogens is 8. The number of carbonyl (C=O) groups is 1. The maximum absolute atomic E-state index is 14.1. The zero-order valence-electron chi connectivity index (χ0n) is 82.7. The van der Waals surface area contributed by atoms with Crippen molar-refractivity contribution in [2.75, 3.05) is 12.9 Å². The van der Waals surface area contributed by atoms with Crippen LogP contribution in [0.25, 0.3) is 55.8 Å². The topological polar surface area (TPSA) is 363 Å². The highest BCUT2D eigenvalue weighted by molar-refractivity contribution is 7.99. The molecule has 35 nitrogen and oxygen atoms in total. The van der Waals surface area contributed by atoms with Crippen LogP contribution in [0.2, 0.25) is 35.2 Å². The summed E-state index contributed by atoms with van der Waals surface area (Å²) in [6, 6.07) is 60.8. The van der Waals surface area contributed by atoms with Crippen molar-refractivity contribution in [3.05, 3.63) is 401 Å². The van der Waals surface area contributed by atoms with E-state index in [9.17, 15) is 57.1 Å². The average Bonchev–Trinajstić information content (AvgIpc) is 1.59. The molecule has 45 heteroatoms. The number of nitrogens with zero attached hydrogens (tertiary/aromatic N) is 20. The zero-order valence-corrected chi connectivity index (χ0v) is 89.6. The molecule has 19 rings (SSSR count). The number of carbonyl (C=O) groups excluding carboxylic acids is 1. The first-order valence-electron chi connectivity index (χ1n) is 45.8. The van der Waals surface area contributed by atoms with Gasteiger partial charge in [-0.3, -0.25) is 83.3 Å². The lowest BCUT2D eigenvalue weighted by Gasteiger charge is -2.11. The summed E-state index contributed by atoms with van der Waals surface area (Å²) in [5, 5.41) is 4.41. The van der Waals surface area contributed by atoms with Crippen LogP contribution < -0.4 is 70.5 Å². The van der Waals surface area contributed by atoms with Gasteiger partial charge in [-0.15, -0.1) is 12.3 Å². The fraction of sp³-hybridized carbons (Fsp3) is 0.219. The third-order valence-corrected chi connectivity index (χ3v) is 28.5. The minimum atomic E-state index is -0.517. The Labute approximate surface area is 895 Å². The van der Waals surface area contributed by atoms with E-state index in [2.05, 4.69) is 30.8 Å². The maximum Gasteiger partial charge on any atom is 0.337 e. The first-order chi connectivity index (χ1) is 71.6. The molecule has 0 saturated carbocycles. The fourth-order valence-electron chi connectivity index (χ4n) is 15.9. The van der Waals surface area contributed by atoms with E-state index in [1.807, 2.05) is 97.3 Å². The number of thioether (sulfide) groups is 2. The van der Waals surface area contributed by atoms with Gasteiger partial charge < -0.3 is 28.1 Å². The van der Waals surface area contributed by atoms with Crippen LogP contribution in [-0.4, -0.2) is 112 Å². The van der Waals surface area contributed by atoms with Crippen LogP contribution in [0, 0.1) is 32.0 Å². The van der Waals surface area contributed by atoms with E-state index in [1.54, 1.807) is 180 Å². The molecule has 10 aromatic heterocycles. The molecule has 0 saturated heterocycles. The second-order valence-corrected chi connectivity index (χ2v) is 39.4. The normalized spacial score (nSPS) is 11.2. The van der Waals surface area contributed by atoms with Gasteiger partial charge in [-0.2, -0.15) is 15.0 Å². The van der Waals surface area contributed by atoms with Gasteiger partial charge in [0.15, 0.2) is 66.1 Å². The number of terminal acetylenes is 1. The number of rotatable bonds is 25. The summed E-state index contributed by atoms with van der Waals surface area (Å²) in [4.78, 5) is 161. The summed E-state index contributed by atoms with van der Waals surface area (Å²) >= 11 is 45.5. The smallest absolute Gasteiger partial charge is 0.337 e. The lowest BCUT2D eigenvalue weighted by atomic mass is 10.1. The predicted molar refractivity (Wildman–Crippen MR) is 584 cm³/mol. The summed E-state index contributed by atoms with van der Waals surface area (Å²) in [5.41, 5.74) is 5.88. The highest BCUT2D eigenvalue weighted by atomic mass is 35.5. The number of benzene rings is 9. The van der Waals surface area contributed by atoms with Gasteiger partial charge >= 0.3 is 52.4 Å². The van der Waals surface area contributed by atoms with Crippen molar-refractivity contribution in [3.8, 4) is 47.6 Å². The molecule has 0 amide bonds. The van der Waals surface area contributed by atoms with Crippen molar-refractivity contribution >= 4 is 167 Å². The second-order valence-electron chi connectivity index (χ2n) is 34.5. The predicted octanol–water partition coefficient (Wildman–Crippen LogP) is 17.1. The van der Waals surface area contributed by atoms with Crippen molar-refractivity contribution in [2.45, 2.75) is 81.9 Å². The molecule has 9 aromatic carbocycles. The van der Waals surface area contributed by atoms with Crippen LogP contribution in [0.5, 0.6) is 35.3 Å². The molecule has 0 radical (unpaired) electrons. The number of unbranched alkanes of at least 4 members (excludes halogenated alkanes) is 2. The Morgan fingerprint density at radius 2 is 0.713 bits per heavy atom. The van der Waals surface area contributed by atoms with Crippen molar-refractivity contribution in [3.63, 3.8) is 0 Å². The highest BCUT2D eigenvalue weighted by Crippen LogP contribution is 2.36. The first kappa shape index (κ1) is 109. The van der Waals surface area contributed by atoms with Gasteiger partial charge in [0, 0.05) is 98.4 Å². The molecule has 0 unspecified atom stereocenters. The Balaban J connectivity index is 0.000000140. The van der Waals surface area contributed by atoms with E-state index < -0.39 is 56.7 Å². The molecule has 0 aliphatic rings. The molecule has 0 fully saturated rings. The number of ether oxygens (including phenoxy) is 4. The highest BCUT2D eigenvalue weighted by Gasteiger charge is 2.29. The SMILES string of the molecule is C#CCCCCSc1nc2c(c(=O)n(C)c(=O)n2C)n1Cc1cccc(Cl)c1.COC(=O)c1ccc(Oc2nc3c(c(=O)n(C)c(=O)n3C)n2Cc2ccc(Cl)c(Cl)c2)cc1.Cc1ccc(Cn2c(Oc3ccc(C)cc3)nc3c2c(=O)n(C)c(=O)n3C)cc1.Cn1c(=O)c2c(nc(Oc3ccccc3Cl)n2Cc2ccc(Cl)cc2)n(C)c1=O.Cn1c(=O)c2c(nc(SCc3ccccc3F)n2Cc2ccc(Cl)c(Cl)c2)n(C)c1=O. The Hall–Kier alpha value is -15.2. The number of methoxy groups -OCH3 is 1. The summed E-state index contributed by atoms with van der Waals surface area (Å²) in [6.45, 7) is 5.60. The molecular formula is C105H94Cl7FN20O15S2. The lowest BCUT2D eigenvalue weighted by Crippen LogP contribution is -2.37. The molecule has 0 atom stereocenters. The van der Waals surface area contributed by atoms with Gasteiger partial charge in [0.25, 0.3) is 27.8 Å². The summed E-state index contributed by atoms with van der Waals surface area (Å²) in [5.74, 6) is 4.36. The van der Waals surface area contributed by atoms with E-state index in [1.165, 1.54) is 90.1 Å². The number of aryl methyl sites for hydroxylation is 7. The standard InChI is InChI=1S/C22H18Cl2N4O5.C22H22N4O3.C21H17Cl2FN4O2S.C20H16Cl2N4O3.C20H21ClN4O2S/c1-26-18-17(19(29)27(2)22(26)31)28(11-12-4-9-15(23)16(24)10-12)21(25-18)33-14-7-5-13(6-8-14)20(30)32-3;1-14-5-9-16(10-6-14)13-26-18-19(24(3)22(28)25(4)20(18)27)23-21(26)29-17-11-7-15(2)8-12-17;1-26-18-17(19(29)27(2)21(26)30)28(10-12-7-8-14(22)15(23)9-12)20(25-18)31-11-13-5-3-4-6-16(13)24;1-24-17-16(18(27)25(2)20(24)28)26(11-12-7-9-13(21)10-8-12)19(23-17)29-15-6-4-3-5-14(15)22;1-4-5-6-7-11-28-19-22-17-16(18(26)24(3)20(27)23(17)2)25(19)13-14-9-8-10-15(21)12-14/h4-10H,11H2,1-3H3;5-12H,13H2,1-4H3;3-9H,10-11H2,1-2H3;3-10H,11H2,1-2H3;1,8-10,12H,5-7,11,13H2,2-3H3. The Morgan fingerprint density at radius 3 is 1.13 bits per heavy atom. The molecule has 19 aromatic rings. The molecular weight excluding hydrogens is 2110 g/mol. The zero-order chi connectivity index (χ0) is 108. The van der Waals surface area contributed by atoms with E-state index >= 15 is 0 Å². The van der Waals surface area contributed by atoms with Crippen LogP contribution in [0.3, 0.4) is 0 Å². The minimum Gasteiger partial charge on any atom is -0.465 e. The molecule has 10 heterocycles.